The summed E-state index contributed by atoms with van der Waals surface area (Å²) in [5, 5.41) is 3.52. The number of methoxy groups -OCH3 is 1. The zero-order valence-electron chi connectivity index (χ0n) is 8.71. The third-order valence-electron chi connectivity index (χ3n) is 2.51. The quantitative estimate of drug-likeness (QED) is 0.735. The van der Waals surface area contributed by atoms with E-state index in [1.807, 2.05) is 0 Å². The summed E-state index contributed by atoms with van der Waals surface area (Å²) in [7, 11) is 1.76. The fourth-order valence-electron chi connectivity index (χ4n) is 1.63. The van der Waals surface area contributed by atoms with Crippen molar-refractivity contribution < 1.29 is 4.74 Å². The van der Waals surface area contributed by atoms with E-state index < -0.39 is 0 Å². The van der Waals surface area contributed by atoms with Gasteiger partial charge in [0.05, 0.1) is 6.61 Å². The van der Waals surface area contributed by atoms with E-state index in [0.29, 0.717) is 6.04 Å². The highest BCUT2D eigenvalue weighted by Gasteiger charge is 2.13. The van der Waals surface area contributed by atoms with Crippen molar-refractivity contribution in [3.8, 4) is 0 Å². The van der Waals surface area contributed by atoms with Crippen LogP contribution in [-0.2, 0) is 4.74 Å². The second kappa shape index (κ2) is 6.68. The molecule has 1 heterocycles. The highest BCUT2D eigenvalue weighted by molar-refractivity contribution is 7.99. The van der Waals surface area contributed by atoms with Gasteiger partial charge in [-0.05, 0) is 43.7 Å². The average Bonchev–Trinajstić information content (AvgIpc) is 2.17. The lowest BCUT2D eigenvalue weighted by Gasteiger charge is -2.23. The molecular weight excluding hydrogens is 182 g/mol. The summed E-state index contributed by atoms with van der Waals surface area (Å²) in [5.74, 6) is 3.61. The standard InChI is InChI=1S/C10H21NOS/c1-9(8-12-2)11-7-10-3-5-13-6-4-10/h9-11H,3-8H2,1-2H3. The molecular formula is C10H21NOS. The Morgan fingerprint density at radius 3 is 2.77 bits per heavy atom. The van der Waals surface area contributed by atoms with Crippen molar-refractivity contribution in [3.05, 3.63) is 0 Å². The molecule has 78 valence electrons. The van der Waals surface area contributed by atoms with Gasteiger partial charge in [0, 0.05) is 13.2 Å². The minimum Gasteiger partial charge on any atom is -0.383 e. The topological polar surface area (TPSA) is 21.3 Å². The molecule has 1 fully saturated rings. The second-order valence-corrected chi connectivity index (χ2v) is 5.05. The second-order valence-electron chi connectivity index (χ2n) is 3.82. The Kier molecular flexibility index (Phi) is 5.83. The van der Waals surface area contributed by atoms with Gasteiger partial charge < -0.3 is 10.1 Å². The fraction of sp³-hybridized carbons (Fsp3) is 1.00. The van der Waals surface area contributed by atoms with Gasteiger partial charge in [-0.25, -0.2) is 0 Å². The molecule has 2 nitrogen and oxygen atoms in total. The Bertz CT molecular complexity index is 126. The summed E-state index contributed by atoms with van der Waals surface area (Å²) in [6.07, 6.45) is 2.77. The molecule has 0 amide bonds. The summed E-state index contributed by atoms with van der Waals surface area (Å²) in [6.45, 7) is 4.17. The van der Waals surface area contributed by atoms with E-state index in [9.17, 15) is 0 Å². The van der Waals surface area contributed by atoms with E-state index in [0.717, 1.165) is 12.5 Å². The summed E-state index contributed by atoms with van der Waals surface area (Å²) in [5.41, 5.74) is 0. The van der Waals surface area contributed by atoms with Crippen molar-refractivity contribution in [1.82, 2.24) is 5.32 Å². The molecule has 1 N–H and O–H groups in total. The molecule has 13 heavy (non-hydrogen) atoms. The van der Waals surface area contributed by atoms with Crippen LogP contribution in [0.5, 0.6) is 0 Å². The number of rotatable bonds is 5. The normalized spacial score (nSPS) is 21.7. The molecule has 0 spiro atoms. The summed E-state index contributed by atoms with van der Waals surface area (Å²) in [4.78, 5) is 0. The number of thioether (sulfide) groups is 1. The van der Waals surface area contributed by atoms with Crippen molar-refractivity contribution in [2.24, 2.45) is 5.92 Å². The van der Waals surface area contributed by atoms with Gasteiger partial charge in [-0.2, -0.15) is 11.8 Å². The molecule has 1 aliphatic rings. The number of hydrogen-bond donors (Lipinski definition) is 1. The number of hydrogen-bond acceptors (Lipinski definition) is 3. The zero-order valence-corrected chi connectivity index (χ0v) is 9.53. The molecule has 1 rings (SSSR count). The lowest BCUT2D eigenvalue weighted by molar-refractivity contribution is 0.169. The molecule has 3 heteroatoms. The molecule has 1 atom stereocenters. The summed E-state index contributed by atoms with van der Waals surface area (Å²) >= 11 is 2.09. The Hall–Kier alpha value is 0.270. The van der Waals surface area contributed by atoms with Crippen LogP contribution in [0.15, 0.2) is 0 Å². The molecule has 0 saturated carbocycles. The van der Waals surface area contributed by atoms with Gasteiger partial charge in [0.1, 0.15) is 0 Å². The first-order chi connectivity index (χ1) is 6.33. The molecule has 0 aromatic rings. The van der Waals surface area contributed by atoms with Crippen molar-refractivity contribution in [2.45, 2.75) is 25.8 Å². The molecule has 0 bridgehead atoms. The van der Waals surface area contributed by atoms with Crippen molar-refractivity contribution >= 4 is 11.8 Å². The van der Waals surface area contributed by atoms with E-state index >= 15 is 0 Å². The summed E-state index contributed by atoms with van der Waals surface area (Å²) in [6, 6.07) is 0.500. The molecule has 0 aliphatic carbocycles. The molecule has 0 aromatic carbocycles. The maximum atomic E-state index is 5.08. The first-order valence-electron chi connectivity index (χ1n) is 5.13. The van der Waals surface area contributed by atoms with Crippen LogP contribution in [0.4, 0.5) is 0 Å². The van der Waals surface area contributed by atoms with Crippen LogP contribution in [-0.4, -0.2) is 37.8 Å². The highest BCUT2D eigenvalue weighted by Crippen LogP contribution is 2.21. The summed E-state index contributed by atoms with van der Waals surface area (Å²) < 4.78 is 5.08. The van der Waals surface area contributed by atoms with E-state index in [1.54, 1.807) is 7.11 Å². The molecule has 1 unspecified atom stereocenters. The smallest absolute Gasteiger partial charge is 0.0613 e. The SMILES string of the molecule is COCC(C)NCC1CCSCC1. The third-order valence-corrected chi connectivity index (χ3v) is 3.56. The van der Waals surface area contributed by atoms with Crippen molar-refractivity contribution in [1.29, 1.82) is 0 Å². The van der Waals surface area contributed by atoms with Gasteiger partial charge >= 0.3 is 0 Å². The largest absolute Gasteiger partial charge is 0.383 e. The fourth-order valence-corrected chi connectivity index (χ4v) is 2.83. The van der Waals surface area contributed by atoms with Crippen LogP contribution >= 0.6 is 11.8 Å². The van der Waals surface area contributed by atoms with E-state index in [4.69, 9.17) is 4.74 Å². The van der Waals surface area contributed by atoms with Crippen LogP contribution in [0, 0.1) is 5.92 Å². The van der Waals surface area contributed by atoms with Crippen molar-refractivity contribution in [3.63, 3.8) is 0 Å². The Labute approximate surface area is 85.8 Å². The van der Waals surface area contributed by atoms with Crippen LogP contribution < -0.4 is 5.32 Å². The maximum absolute atomic E-state index is 5.08. The van der Waals surface area contributed by atoms with Gasteiger partial charge in [-0.15, -0.1) is 0 Å². The minimum atomic E-state index is 0.500. The van der Waals surface area contributed by atoms with Crippen LogP contribution in [0.3, 0.4) is 0 Å². The number of nitrogens with one attached hydrogen (secondary N) is 1. The predicted octanol–water partition coefficient (Wildman–Crippen LogP) is 1.75. The Morgan fingerprint density at radius 2 is 2.15 bits per heavy atom. The van der Waals surface area contributed by atoms with Gasteiger partial charge in [0.25, 0.3) is 0 Å². The van der Waals surface area contributed by atoms with Crippen LogP contribution in [0.2, 0.25) is 0 Å². The maximum Gasteiger partial charge on any atom is 0.0613 e. The lowest BCUT2D eigenvalue weighted by atomic mass is 10.0. The van der Waals surface area contributed by atoms with E-state index in [-0.39, 0.29) is 0 Å². The Balaban J connectivity index is 2.03. The van der Waals surface area contributed by atoms with E-state index in [2.05, 4.69) is 24.0 Å². The monoisotopic (exact) mass is 203 g/mol. The van der Waals surface area contributed by atoms with E-state index in [1.165, 1.54) is 30.9 Å². The number of ether oxygens (including phenoxy) is 1. The lowest BCUT2D eigenvalue weighted by Crippen LogP contribution is -2.35. The van der Waals surface area contributed by atoms with Gasteiger partial charge in [0.15, 0.2) is 0 Å². The Morgan fingerprint density at radius 1 is 1.46 bits per heavy atom. The van der Waals surface area contributed by atoms with Crippen LogP contribution in [0.1, 0.15) is 19.8 Å². The van der Waals surface area contributed by atoms with Gasteiger partial charge in [-0.3, -0.25) is 0 Å². The van der Waals surface area contributed by atoms with Gasteiger partial charge in [0.2, 0.25) is 0 Å². The minimum absolute atomic E-state index is 0.500. The first kappa shape index (κ1) is 11.3. The van der Waals surface area contributed by atoms with Gasteiger partial charge in [-0.1, -0.05) is 0 Å². The predicted molar refractivity (Wildman–Crippen MR) is 59.4 cm³/mol. The molecule has 1 aliphatic heterocycles. The highest BCUT2D eigenvalue weighted by atomic mass is 32.2. The first-order valence-corrected chi connectivity index (χ1v) is 6.28. The zero-order chi connectivity index (χ0) is 9.52. The molecule has 1 saturated heterocycles. The third kappa shape index (κ3) is 4.89. The molecule has 0 radical (unpaired) electrons. The molecule has 0 aromatic heterocycles. The average molecular weight is 203 g/mol. The van der Waals surface area contributed by atoms with Crippen LogP contribution in [0.25, 0.3) is 0 Å². The van der Waals surface area contributed by atoms with Crippen molar-refractivity contribution in [2.75, 3.05) is 31.8 Å².